The number of benzene rings is 1. The van der Waals surface area contributed by atoms with Crippen molar-refractivity contribution in [3.63, 3.8) is 0 Å². The molecule has 3 nitrogen and oxygen atoms in total. The van der Waals surface area contributed by atoms with Gasteiger partial charge in [0.25, 0.3) is 0 Å². The van der Waals surface area contributed by atoms with Crippen molar-refractivity contribution in [2.45, 2.75) is 51.5 Å². The van der Waals surface area contributed by atoms with E-state index < -0.39 is 0 Å². The highest BCUT2D eigenvalue weighted by molar-refractivity contribution is 5.79. The van der Waals surface area contributed by atoms with Crippen molar-refractivity contribution in [1.29, 1.82) is 0 Å². The summed E-state index contributed by atoms with van der Waals surface area (Å²) in [7, 11) is 0. The lowest BCUT2D eigenvalue weighted by atomic mass is 10.1. The lowest BCUT2D eigenvalue weighted by Gasteiger charge is -2.29. The van der Waals surface area contributed by atoms with E-state index in [2.05, 4.69) is 6.92 Å². The summed E-state index contributed by atoms with van der Waals surface area (Å²) in [5.41, 5.74) is 0.719. The highest BCUT2D eigenvalue weighted by atomic mass is 19.1. The van der Waals surface area contributed by atoms with E-state index in [0.29, 0.717) is 0 Å². The summed E-state index contributed by atoms with van der Waals surface area (Å²) in [6.45, 7) is 2.80. The standard InChI is InChI=1S/C20H24FNO2/c1-2-17-10-11-19(24-17)18-9-4-3-5-12-22(18)20(23)14-15-7-6-8-16(21)13-15/h6-8,10-11,13,18H,2-5,9,12,14H2,1H3. The van der Waals surface area contributed by atoms with E-state index in [1.807, 2.05) is 17.0 Å². The van der Waals surface area contributed by atoms with Gasteiger partial charge in [0.2, 0.25) is 5.91 Å². The van der Waals surface area contributed by atoms with E-state index in [4.69, 9.17) is 4.42 Å². The van der Waals surface area contributed by atoms with E-state index in [1.165, 1.54) is 12.1 Å². The van der Waals surface area contributed by atoms with Crippen LogP contribution in [0, 0.1) is 5.82 Å². The van der Waals surface area contributed by atoms with Crippen molar-refractivity contribution in [3.8, 4) is 0 Å². The van der Waals surface area contributed by atoms with Crippen molar-refractivity contribution in [2.24, 2.45) is 0 Å². The molecule has 4 heteroatoms. The maximum Gasteiger partial charge on any atom is 0.227 e. The van der Waals surface area contributed by atoms with Gasteiger partial charge in [-0.2, -0.15) is 0 Å². The third-order valence-corrected chi connectivity index (χ3v) is 4.68. The summed E-state index contributed by atoms with van der Waals surface area (Å²) in [6, 6.07) is 10.3. The fraction of sp³-hybridized carbons (Fsp3) is 0.450. The monoisotopic (exact) mass is 329 g/mol. The summed E-state index contributed by atoms with van der Waals surface area (Å²) in [4.78, 5) is 14.8. The molecule has 1 fully saturated rings. The number of likely N-dealkylation sites (tertiary alicyclic amines) is 1. The maximum atomic E-state index is 13.4. The molecule has 0 N–H and O–H groups in total. The molecule has 3 rings (SSSR count). The summed E-state index contributed by atoms with van der Waals surface area (Å²) in [5, 5.41) is 0. The van der Waals surface area contributed by atoms with Crippen LogP contribution in [0.5, 0.6) is 0 Å². The molecule has 2 aromatic rings. The van der Waals surface area contributed by atoms with Gasteiger partial charge in [0.1, 0.15) is 17.3 Å². The number of rotatable bonds is 4. The number of hydrogen-bond donors (Lipinski definition) is 0. The van der Waals surface area contributed by atoms with Gasteiger partial charge in [-0.3, -0.25) is 4.79 Å². The molecule has 1 atom stereocenters. The minimum Gasteiger partial charge on any atom is -0.464 e. The fourth-order valence-electron chi connectivity index (χ4n) is 3.39. The predicted molar refractivity (Wildman–Crippen MR) is 91.1 cm³/mol. The average Bonchev–Trinajstić information content (AvgIpc) is 2.91. The van der Waals surface area contributed by atoms with Crippen LogP contribution >= 0.6 is 0 Å². The molecule has 2 heterocycles. The van der Waals surface area contributed by atoms with Crippen LogP contribution in [-0.2, 0) is 17.6 Å². The molecule has 1 aliphatic heterocycles. The molecule has 0 saturated carbocycles. The Kier molecular flexibility index (Phi) is 5.34. The van der Waals surface area contributed by atoms with Crippen molar-refractivity contribution in [3.05, 3.63) is 59.3 Å². The van der Waals surface area contributed by atoms with Crippen LogP contribution < -0.4 is 0 Å². The molecule has 0 bridgehead atoms. The largest absolute Gasteiger partial charge is 0.464 e. The van der Waals surface area contributed by atoms with Gasteiger partial charge in [0, 0.05) is 13.0 Å². The fourth-order valence-corrected chi connectivity index (χ4v) is 3.39. The molecule has 24 heavy (non-hydrogen) atoms. The second-order valence-electron chi connectivity index (χ2n) is 6.42. The van der Waals surface area contributed by atoms with Gasteiger partial charge in [0.15, 0.2) is 0 Å². The van der Waals surface area contributed by atoms with Crippen LogP contribution in [0.15, 0.2) is 40.8 Å². The van der Waals surface area contributed by atoms with E-state index in [-0.39, 0.29) is 24.2 Å². The smallest absolute Gasteiger partial charge is 0.227 e. The summed E-state index contributed by atoms with van der Waals surface area (Å²) < 4.78 is 19.3. The predicted octanol–water partition coefficient (Wildman–Crippen LogP) is 4.67. The zero-order valence-electron chi connectivity index (χ0n) is 14.1. The Hall–Kier alpha value is -2.10. The first-order chi connectivity index (χ1) is 11.7. The molecule has 1 amide bonds. The van der Waals surface area contributed by atoms with Crippen molar-refractivity contribution < 1.29 is 13.6 Å². The Morgan fingerprint density at radius 1 is 1.25 bits per heavy atom. The van der Waals surface area contributed by atoms with Crippen LogP contribution in [-0.4, -0.2) is 17.4 Å². The Balaban J connectivity index is 1.79. The van der Waals surface area contributed by atoms with E-state index in [1.54, 1.807) is 12.1 Å². The highest BCUT2D eigenvalue weighted by Crippen LogP contribution is 2.32. The second kappa shape index (κ2) is 7.65. The zero-order chi connectivity index (χ0) is 16.9. The molecule has 1 aliphatic rings. The summed E-state index contributed by atoms with van der Waals surface area (Å²) in [5.74, 6) is 1.57. The second-order valence-corrected chi connectivity index (χ2v) is 6.42. The third-order valence-electron chi connectivity index (χ3n) is 4.68. The zero-order valence-corrected chi connectivity index (χ0v) is 14.1. The number of halogens is 1. The molecule has 0 spiro atoms. The molecular formula is C20H24FNO2. The number of carbonyl (C=O) groups excluding carboxylic acids is 1. The molecule has 0 radical (unpaired) electrons. The molecule has 0 aliphatic carbocycles. The van der Waals surface area contributed by atoms with Gasteiger partial charge in [-0.1, -0.05) is 31.9 Å². The van der Waals surface area contributed by atoms with E-state index >= 15 is 0 Å². The molecule has 1 aromatic heterocycles. The Morgan fingerprint density at radius 2 is 2.12 bits per heavy atom. The van der Waals surface area contributed by atoms with E-state index in [9.17, 15) is 9.18 Å². The Bertz CT molecular complexity index is 694. The molecule has 1 unspecified atom stereocenters. The number of hydrogen-bond acceptors (Lipinski definition) is 2. The number of furan rings is 1. The van der Waals surface area contributed by atoms with Crippen LogP contribution in [0.2, 0.25) is 0 Å². The molecular weight excluding hydrogens is 305 g/mol. The minimum absolute atomic E-state index is 0.00569. The first kappa shape index (κ1) is 16.7. The maximum absolute atomic E-state index is 13.4. The quantitative estimate of drug-likeness (QED) is 0.817. The number of carbonyl (C=O) groups is 1. The van der Waals surface area contributed by atoms with Crippen LogP contribution in [0.1, 0.15) is 55.7 Å². The van der Waals surface area contributed by atoms with Crippen LogP contribution in [0.25, 0.3) is 0 Å². The van der Waals surface area contributed by atoms with Crippen LogP contribution in [0.3, 0.4) is 0 Å². The lowest BCUT2D eigenvalue weighted by molar-refractivity contribution is -0.133. The van der Waals surface area contributed by atoms with Crippen LogP contribution in [0.4, 0.5) is 4.39 Å². The number of aryl methyl sites for hydroxylation is 1. The first-order valence-electron chi connectivity index (χ1n) is 8.80. The normalized spacial score (nSPS) is 18.4. The number of nitrogens with zero attached hydrogens (tertiary/aromatic N) is 1. The minimum atomic E-state index is -0.300. The molecule has 1 saturated heterocycles. The lowest BCUT2D eigenvalue weighted by Crippen LogP contribution is -2.35. The van der Waals surface area contributed by atoms with Gasteiger partial charge >= 0.3 is 0 Å². The highest BCUT2D eigenvalue weighted by Gasteiger charge is 2.28. The average molecular weight is 329 g/mol. The Morgan fingerprint density at radius 3 is 2.88 bits per heavy atom. The van der Waals surface area contributed by atoms with Gasteiger partial charge in [-0.25, -0.2) is 4.39 Å². The van der Waals surface area contributed by atoms with Crippen molar-refractivity contribution >= 4 is 5.91 Å². The van der Waals surface area contributed by atoms with Crippen molar-refractivity contribution in [2.75, 3.05) is 6.54 Å². The van der Waals surface area contributed by atoms with Gasteiger partial charge in [0.05, 0.1) is 12.5 Å². The van der Waals surface area contributed by atoms with Crippen molar-refractivity contribution in [1.82, 2.24) is 4.90 Å². The van der Waals surface area contributed by atoms with Gasteiger partial charge in [-0.15, -0.1) is 0 Å². The molecule has 128 valence electrons. The topological polar surface area (TPSA) is 33.5 Å². The summed E-state index contributed by atoms with van der Waals surface area (Å²) >= 11 is 0. The Labute approximate surface area is 142 Å². The summed E-state index contributed by atoms with van der Waals surface area (Å²) in [6.07, 6.45) is 5.23. The van der Waals surface area contributed by atoms with Gasteiger partial charge in [-0.05, 0) is 42.7 Å². The van der Waals surface area contributed by atoms with E-state index in [0.717, 1.165) is 55.7 Å². The number of amides is 1. The molecule has 1 aromatic carbocycles. The van der Waals surface area contributed by atoms with Gasteiger partial charge < -0.3 is 9.32 Å². The SMILES string of the molecule is CCc1ccc(C2CCCCCN2C(=O)Cc2cccc(F)c2)o1. The first-order valence-corrected chi connectivity index (χ1v) is 8.80. The third kappa shape index (κ3) is 3.86.